The summed E-state index contributed by atoms with van der Waals surface area (Å²) >= 11 is 0. The minimum Gasteiger partial charge on any atom is -0.416 e. The monoisotopic (exact) mass is 241 g/mol. The third kappa shape index (κ3) is 4.04. The molecule has 0 aromatic rings. The Hall–Kier alpha value is -0.123. The van der Waals surface area contributed by atoms with Crippen LogP contribution in [0, 0.1) is 0 Å². The van der Waals surface area contributed by atoms with Gasteiger partial charge in [0, 0.05) is 26.2 Å². The zero-order chi connectivity index (χ0) is 12.2. The standard InChI is InChI=1S/C13H27NOSi/c1-13(2,3)16(4,5)15-12-11-14-9-7-6-8-10-14/h6-7H,8-12H2,1-5H3. The van der Waals surface area contributed by atoms with Gasteiger partial charge in [-0.1, -0.05) is 32.9 Å². The van der Waals surface area contributed by atoms with Crippen molar-refractivity contribution in [2.45, 2.75) is 45.3 Å². The molecular weight excluding hydrogens is 214 g/mol. The maximum absolute atomic E-state index is 6.17. The Morgan fingerprint density at radius 1 is 1.25 bits per heavy atom. The molecule has 0 N–H and O–H groups in total. The van der Waals surface area contributed by atoms with Crippen LogP contribution in [0.4, 0.5) is 0 Å². The van der Waals surface area contributed by atoms with Crippen molar-refractivity contribution in [3.05, 3.63) is 12.2 Å². The van der Waals surface area contributed by atoms with E-state index in [0.29, 0.717) is 5.04 Å². The van der Waals surface area contributed by atoms with Crippen molar-refractivity contribution in [2.24, 2.45) is 0 Å². The summed E-state index contributed by atoms with van der Waals surface area (Å²) in [5.74, 6) is 0. The predicted octanol–water partition coefficient (Wildman–Crippen LogP) is 3.27. The smallest absolute Gasteiger partial charge is 0.192 e. The second-order valence-corrected chi connectivity index (χ2v) is 11.0. The fraction of sp³-hybridized carbons (Fsp3) is 0.846. The maximum Gasteiger partial charge on any atom is 0.192 e. The first-order valence-corrected chi connectivity index (χ1v) is 9.25. The predicted molar refractivity (Wildman–Crippen MR) is 73.3 cm³/mol. The van der Waals surface area contributed by atoms with E-state index in [9.17, 15) is 0 Å². The molecule has 1 aliphatic heterocycles. The van der Waals surface area contributed by atoms with Crippen LogP contribution in [0.15, 0.2) is 12.2 Å². The molecule has 0 bridgehead atoms. The fourth-order valence-electron chi connectivity index (χ4n) is 1.54. The van der Waals surface area contributed by atoms with E-state index >= 15 is 0 Å². The van der Waals surface area contributed by atoms with Crippen LogP contribution in [0.3, 0.4) is 0 Å². The number of nitrogens with zero attached hydrogens (tertiary/aromatic N) is 1. The van der Waals surface area contributed by atoms with E-state index in [-0.39, 0.29) is 0 Å². The highest BCUT2D eigenvalue weighted by atomic mass is 28.4. The molecule has 0 saturated heterocycles. The van der Waals surface area contributed by atoms with E-state index in [1.807, 2.05) is 0 Å². The molecule has 0 saturated carbocycles. The SMILES string of the molecule is CC(C)(C)[Si](C)(C)OCCN1CC=CCC1. The fourth-order valence-corrected chi connectivity index (χ4v) is 2.57. The largest absolute Gasteiger partial charge is 0.416 e. The van der Waals surface area contributed by atoms with Gasteiger partial charge in [0.25, 0.3) is 0 Å². The molecule has 0 atom stereocenters. The Bertz CT molecular complexity index is 243. The molecule has 0 fully saturated rings. The molecule has 0 spiro atoms. The van der Waals surface area contributed by atoms with Gasteiger partial charge in [-0.3, -0.25) is 4.90 Å². The van der Waals surface area contributed by atoms with Gasteiger partial charge in [0.2, 0.25) is 0 Å². The van der Waals surface area contributed by atoms with E-state index in [4.69, 9.17) is 4.43 Å². The lowest BCUT2D eigenvalue weighted by Gasteiger charge is -2.37. The quantitative estimate of drug-likeness (QED) is 0.553. The minimum atomic E-state index is -1.53. The molecule has 0 amide bonds. The van der Waals surface area contributed by atoms with Gasteiger partial charge in [-0.15, -0.1) is 0 Å². The van der Waals surface area contributed by atoms with Crippen molar-refractivity contribution in [3.8, 4) is 0 Å². The van der Waals surface area contributed by atoms with Crippen LogP contribution in [0.2, 0.25) is 18.1 Å². The van der Waals surface area contributed by atoms with E-state index in [1.165, 1.54) is 13.0 Å². The third-order valence-corrected chi connectivity index (χ3v) is 8.36. The Kier molecular flexibility index (Phi) is 4.77. The van der Waals surface area contributed by atoms with Gasteiger partial charge in [-0.05, 0) is 24.6 Å². The van der Waals surface area contributed by atoms with Crippen LogP contribution >= 0.6 is 0 Å². The van der Waals surface area contributed by atoms with Crippen LogP contribution in [0.1, 0.15) is 27.2 Å². The highest BCUT2D eigenvalue weighted by molar-refractivity contribution is 6.74. The molecule has 1 rings (SSSR count). The summed E-state index contributed by atoms with van der Waals surface area (Å²) in [6.45, 7) is 15.8. The molecule has 0 radical (unpaired) electrons. The summed E-state index contributed by atoms with van der Waals surface area (Å²) in [5.41, 5.74) is 0. The molecule has 94 valence electrons. The first kappa shape index (κ1) is 13.9. The lowest BCUT2D eigenvalue weighted by atomic mass is 10.2. The summed E-state index contributed by atoms with van der Waals surface area (Å²) < 4.78 is 6.17. The third-order valence-electron chi connectivity index (χ3n) is 3.82. The first-order valence-electron chi connectivity index (χ1n) is 6.34. The second kappa shape index (κ2) is 5.47. The Labute approximate surface area is 102 Å². The topological polar surface area (TPSA) is 12.5 Å². The van der Waals surface area contributed by atoms with E-state index in [2.05, 4.69) is 50.9 Å². The molecule has 1 aliphatic rings. The van der Waals surface area contributed by atoms with E-state index in [0.717, 1.165) is 19.7 Å². The van der Waals surface area contributed by atoms with Gasteiger partial charge in [-0.2, -0.15) is 0 Å². The second-order valence-electron chi connectivity index (χ2n) is 6.17. The van der Waals surface area contributed by atoms with Gasteiger partial charge < -0.3 is 4.43 Å². The van der Waals surface area contributed by atoms with Crippen molar-refractivity contribution in [2.75, 3.05) is 26.2 Å². The van der Waals surface area contributed by atoms with Crippen LogP contribution in [-0.2, 0) is 4.43 Å². The van der Waals surface area contributed by atoms with E-state index < -0.39 is 8.32 Å². The average molecular weight is 241 g/mol. The van der Waals surface area contributed by atoms with E-state index in [1.54, 1.807) is 0 Å². The van der Waals surface area contributed by atoms with Crippen LogP contribution in [0.25, 0.3) is 0 Å². The molecule has 0 aliphatic carbocycles. The molecule has 1 heterocycles. The summed E-state index contributed by atoms with van der Waals surface area (Å²) in [5, 5.41) is 0.328. The maximum atomic E-state index is 6.17. The average Bonchev–Trinajstić information content (AvgIpc) is 2.17. The van der Waals surface area contributed by atoms with Crippen LogP contribution in [-0.4, -0.2) is 39.5 Å². The summed E-state index contributed by atoms with van der Waals surface area (Å²) in [6, 6.07) is 0. The normalized spacial score (nSPS) is 19.1. The lowest BCUT2D eigenvalue weighted by molar-refractivity contribution is 0.208. The summed E-state index contributed by atoms with van der Waals surface area (Å²) in [6.07, 6.45) is 5.72. The van der Waals surface area contributed by atoms with Crippen molar-refractivity contribution in [1.29, 1.82) is 0 Å². The number of hydrogen-bond acceptors (Lipinski definition) is 2. The molecule has 0 aromatic carbocycles. The Morgan fingerprint density at radius 2 is 1.94 bits per heavy atom. The Balaban J connectivity index is 2.27. The molecular formula is C13H27NOSi. The highest BCUT2D eigenvalue weighted by Gasteiger charge is 2.36. The van der Waals surface area contributed by atoms with Crippen LogP contribution in [0.5, 0.6) is 0 Å². The van der Waals surface area contributed by atoms with Crippen molar-refractivity contribution in [1.82, 2.24) is 4.90 Å². The van der Waals surface area contributed by atoms with Crippen molar-refractivity contribution < 1.29 is 4.43 Å². The lowest BCUT2D eigenvalue weighted by Crippen LogP contribution is -2.43. The zero-order valence-electron chi connectivity index (χ0n) is 11.5. The van der Waals surface area contributed by atoms with Gasteiger partial charge in [0.15, 0.2) is 8.32 Å². The zero-order valence-corrected chi connectivity index (χ0v) is 12.5. The molecule has 0 aromatic heterocycles. The molecule has 16 heavy (non-hydrogen) atoms. The summed E-state index contributed by atoms with van der Waals surface area (Å²) in [4.78, 5) is 2.47. The number of hydrogen-bond donors (Lipinski definition) is 0. The van der Waals surface area contributed by atoms with Crippen molar-refractivity contribution in [3.63, 3.8) is 0 Å². The van der Waals surface area contributed by atoms with Gasteiger partial charge in [0.1, 0.15) is 0 Å². The number of rotatable bonds is 4. The first-order chi connectivity index (χ1) is 7.33. The Morgan fingerprint density at radius 3 is 2.44 bits per heavy atom. The van der Waals surface area contributed by atoms with Crippen molar-refractivity contribution >= 4 is 8.32 Å². The van der Waals surface area contributed by atoms with Gasteiger partial charge in [0.05, 0.1) is 0 Å². The summed E-state index contributed by atoms with van der Waals surface area (Å²) in [7, 11) is -1.53. The minimum absolute atomic E-state index is 0.328. The van der Waals surface area contributed by atoms with Crippen LogP contribution < -0.4 is 0 Å². The molecule has 2 nitrogen and oxygen atoms in total. The van der Waals surface area contributed by atoms with Gasteiger partial charge in [-0.25, -0.2) is 0 Å². The molecule has 3 heteroatoms. The molecule has 0 unspecified atom stereocenters. The highest BCUT2D eigenvalue weighted by Crippen LogP contribution is 2.36. The van der Waals surface area contributed by atoms with Gasteiger partial charge >= 0.3 is 0 Å².